The van der Waals surface area contributed by atoms with Crippen LogP contribution in [0.3, 0.4) is 0 Å². The predicted molar refractivity (Wildman–Crippen MR) is 103 cm³/mol. The highest BCUT2D eigenvalue weighted by Crippen LogP contribution is 2.40. The van der Waals surface area contributed by atoms with E-state index in [0.29, 0.717) is 35.0 Å². The number of carbonyl (C=O) groups is 3. The van der Waals surface area contributed by atoms with E-state index in [0.717, 1.165) is 0 Å². The number of esters is 1. The van der Waals surface area contributed by atoms with Crippen molar-refractivity contribution in [3.05, 3.63) is 59.1 Å². The molecule has 0 radical (unpaired) electrons. The average Bonchev–Trinajstić information content (AvgIpc) is 3.45. The smallest absolute Gasteiger partial charge is 0.338 e. The van der Waals surface area contributed by atoms with Crippen molar-refractivity contribution in [2.24, 2.45) is 11.8 Å². The lowest BCUT2D eigenvalue weighted by Gasteiger charge is -2.08. The number of ether oxygens (including phenoxy) is 1. The number of benzene rings is 2. The van der Waals surface area contributed by atoms with Gasteiger partial charge in [0.15, 0.2) is 0 Å². The molecule has 3 rings (SSSR count). The first-order valence-corrected chi connectivity index (χ1v) is 9.01. The SMILES string of the molecule is CCOC(=O)c1ccc(NC(=O)C2CC2C(=O)Nc2ccccc2Cl)cc1. The van der Waals surface area contributed by atoms with Crippen molar-refractivity contribution in [3.8, 4) is 0 Å². The number of hydrogen-bond acceptors (Lipinski definition) is 4. The minimum Gasteiger partial charge on any atom is -0.462 e. The Morgan fingerprint density at radius 1 is 1.00 bits per heavy atom. The van der Waals surface area contributed by atoms with E-state index >= 15 is 0 Å². The number of amides is 2. The summed E-state index contributed by atoms with van der Waals surface area (Å²) < 4.78 is 4.91. The van der Waals surface area contributed by atoms with Crippen LogP contribution in [-0.2, 0) is 14.3 Å². The maximum atomic E-state index is 12.3. The largest absolute Gasteiger partial charge is 0.462 e. The molecule has 0 aromatic heterocycles. The normalized spacial score (nSPS) is 17.7. The van der Waals surface area contributed by atoms with Crippen LogP contribution in [0.25, 0.3) is 0 Å². The summed E-state index contributed by atoms with van der Waals surface area (Å²) in [6.07, 6.45) is 0.489. The third-order valence-electron chi connectivity index (χ3n) is 4.26. The Hall–Kier alpha value is -2.86. The van der Waals surface area contributed by atoms with Gasteiger partial charge in [-0.2, -0.15) is 0 Å². The first kappa shape index (κ1) is 18.9. The molecular formula is C20H19ClN2O4. The van der Waals surface area contributed by atoms with Gasteiger partial charge in [0.2, 0.25) is 11.8 Å². The van der Waals surface area contributed by atoms with Gasteiger partial charge in [-0.25, -0.2) is 4.79 Å². The van der Waals surface area contributed by atoms with Crippen molar-refractivity contribution in [1.29, 1.82) is 0 Å². The molecule has 6 nitrogen and oxygen atoms in total. The van der Waals surface area contributed by atoms with Crippen molar-refractivity contribution < 1.29 is 19.1 Å². The second-order valence-corrected chi connectivity index (χ2v) is 6.61. The molecule has 2 N–H and O–H groups in total. The quantitative estimate of drug-likeness (QED) is 0.741. The van der Waals surface area contributed by atoms with Crippen LogP contribution in [0.5, 0.6) is 0 Å². The summed E-state index contributed by atoms with van der Waals surface area (Å²) >= 11 is 6.03. The van der Waals surface area contributed by atoms with E-state index in [-0.39, 0.29) is 23.7 Å². The van der Waals surface area contributed by atoms with E-state index in [1.54, 1.807) is 55.5 Å². The fourth-order valence-corrected chi connectivity index (χ4v) is 2.88. The number of nitrogens with one attached hydrogen (secondary N) is 2. The van der Waals surface area contributed by atoms with Gasteiger partial charge in [-0.3, -0.25) is 9.59 Å². The standard InChI is InChI=1S/C20H19ClN2O4/c1-2-27-20(26)12-7-9-13(10-8-12)22-18(24)14-11-15(14)19(25)23-17-6-4-3-5-16(17)21/h3-10,14-15H,2,11H2,1H3,(H,22,24)(H,23,25). The van der Waals surface area contributed by atoms with Gasteiger partial charge in [0.05, 0.1) is 34.7 Å². The molecule has 0 saturated heterocycles. The van der Waals surface area contributed by atoms with Gasteiger partial charge in [0.25, 0.3) is 0 Å². The number of para-hydroxylation sites is 1. The monoisotopic (exact) mass is 386 g/mol. The van der Waals surface area contributed by atoms with Crippen LogP contribution in [0.2, 0.25) is 5.02 Å². The van der Waals surface area contributed by atoms with E-state index in [1.807, 2.05) is 0 Å². The van der Waals surface area contributed by atoms with Gasteiger partial charge in [0, 0.05) is 5.69 Å². The first-order chi connectivity index (χ1) is 13.0. The van der Waals surface area contributed by atoms with Crippen molar-refractivity contribution >= 4 is 40.8 Å². The molecular weight excluding hydrogens is 368 g/mol. The lowest BCUT2D eigenvalue weighted by molar-refractivity contribution is -0.122. The van der Waals surface area contributed by atoms with E-state index in [2.05, 4.69) is 10.6 Å². The molecule has 1 aliphatic carbocycles. The highest BCUT2D eigenvalue weighted by molar-refractivity contribution is 6.33. The van der Waals surface area contributed by atoms with Crippen LogP contribution in [0.1, 0.15) is 23.7 Å². The molecule has 2 atom stereocenters. The van der Waals surface area contributed by atoms with Crippen molar-refractivity contribution in [3.63, 3.8) is 0 Å². The lowest BCUT2D eigenvalue weighted by Crippen LogP contribution is -2.20. The summed E-state index contributed by atoms with van der Waals surface area (Å²) in [7, 11) is 0. The molecule has 0 bridgehead atoms. The Morgan fingerprint density at radius 3 is 2.26 bits per heavy atom. The number of halogens is 1. The zero-order valence-electron chi connectivity index (χ0n) is 14.7. The molecule has 2 aromatic rings. The highest BCUT2D eigenvalue weighted by Gasteiger charge is 2.48. The predicted octanol–water partition coefficient (Wildman–Crippen LogP) is 3.73. The number of carbonyl (C=O) groups excluding carboxylic acids is 3. The molecule has 2 aromatic carbocycles. The summed E-state index contributed by atoms with van der Waals surface area (Å²) in [6, 6.07) is 13.4. The van der Waals surface area contributed by atoms with Gasteiger partial charge >= 0.3 is 5.97 Å². The third-order valence-corrected chi connectivity index (χ3v) is 4.59. The molecule has 140 valence electrons. The molecule has 0 heterocycles. The second kappa shape index (κ2) is 8.22. The van der Waals surface area contributed by atoms with E-state index in [1.165, 1.54) is 0 Å². The van der Waals surface area contributed by atoms with E-state index in [4.69, 9.17) is 16.3 Å². The molecule has 2 unspecified atom stereocenters. The van der Waals surface area contributed by atoms with Gasteiger partial charge in [0.1, 0.15) is 0 Å². The minimum absolute atomic E-state index is 0.221. The Bertz CT molecular complexity index is 867. The van der Waals surface area contributed by atoms with Crippen molar-refractivity contribution in [1.82, 2.24) is 0 Å². The Balaban J connectivity index is 1.53. The molecule has 1 saturated carbocycles. The Morgan fingerprint density at radius 2 is 1.63 bits per heavy atom. The zero-order valence-corrected chi connectivity index (χ0v) is 15.5. The topological polar surface area (TPSA) is 84.5 Å². The van der Waals surface area contributed by atoms with Gasteiger partial charge in [-0.05, 0) is 49.7 Å². The number of hydrogen-bond donors (Lipinski definition) is 2. The lowest BCUT2D eigenvalue weighted by atomic mass is 10.2. The number of anilines is 2. The number of rotatable bonds is 6. The van der Waals surface area contributed by atoms with Crippen LogP contribution < -0.4 is 10.6 Å². The maximum absolute atomic E-state index is 12.3. The minimum atomic E-state index is -0.408. The summed E-state index contributed by atoms with van der Waals surface area (Å²) in [5.74, 6) is -1.61. The Labute approximate surface area is 161 Å². The fraction of sp³-hybridized carbons (Fsp3) is 0.250. The molecule has 7 heteroatoms. The van der Waals surface area contributed by atoms with Gasteiger partial charge < -0.3 is 15.4 Å². The summed E-state index contributed by atoms with van der Waals surface area (Å²) in [6.45, 7) is 2.04. The molecule has 2 amide bonds. The van der Waals surface area contributed by atoms with Crippen LogP contribution in [0.4, 0.5) is 11.4 Å². The average molecular weight is 387 g/mol. The fourth-order valence-electron chi connectivity index (χ4n) is 2.70. The first-order valence-electron chi connectivity index (χ1n) is 8.63. The van der Waals surface area contributed by atoms with Crippen LogP contribution in [0, 0.1) is 11.8 Å². The van der Waals surface area contributed by atoms with Crippen molar-refractivity contribution in [2.45, 2.75) is 13.3 Å². The molecule has 0 spiro atoms. The Kier molecular flexibility index (Phi) is 5.76. The molecule has 1 aliphatic rings. The third kappa shape index (κ3) is 4.65. The maximum Gasteiger partial charge on any atom is 0.338 e. The summed E-state index contributed by atoms with van der Waals surface area (Å²) in [4.78, 5) is 36.2. The highest BCUT2D eigenvalue weighted by atomic mass is 35.5. The zero-order chi connectivity index (χ0) is 19.4. The van der Waals surface area contributed by atoms with Gasteiger partial charge in [-0.1, -0.05) is 23.7 Å². The van der Waals surface area contributed by atoms with E-state index < -0.39 is 5.97 Å². The second-order valence-electron chi connectivity index (χ2n) is 6.20. The van der Waals surface area contributed by atoms with Crippen LogP contribution in [-0.4, -0.2) is 24.4 Å². The van der Waals surface area contributed by atoms with Gasteiger partial charge in [-0.15, -0.1) is 0 Å². The van der Waals surface area contributed by atoms with E-state index in [9.17, 15) is 14.4 Å². The molecule has 1 fully saturated rings. The molecule has 0 aliphatic heterocycles. The molecule has 27 heavy (non-hydrogen) atoms. The van der Waals surface area contributed by atoms with Crippen LogP contribution in [0.15, 0.2) is 48.5 Å². The van der Waals surface area contributed by atoms with Crippen molar-refractivity contribution in [2.75, 3.05) is 17.2 Å². The summed E-state index contributed by atoms with van der Waals surface area (Å²) in [5, 5.41) is 5.97. The van der Waals surface area contributed by atoms with Crippen LogP contribution >= 0.6 is 11.6 Å². The summed E-state index contributed by atoms with van der Waals surface area (Å²) in [5.41, 5.74) is 1.51.